The number of fused-ring (bicyclic) bond motifs is 1. The quantitative estimate of drug-likeness (QED) is 0.585. The van der Waals surface area contributed by atoms with Crippen LogP contribution in [0.15, 0.2) is 34.2 Å². The van der Waals surface area contributed by atoms with Gasteiger partial charge < -0.3 is 10.6 Å². The Morgan fingerprint density at radius 1 is 1.27 bits per heavy atom. The van der Waals surface area contributed by atoms with E-state index in [9.17, 15) is 18.2 Å². The molecule has 0 aliphatic heterocycles. The minimum Gasteiger partial charge on any atom is -0.382 e. The smallest absolute Gasteiger partial charge is 0.339 e. The molecule has 1 atom stereocenters. The maximum atomic E-state index is 13.3. The minimum absolute atomic E-state index is 0.0156. The first kappa shape index (κ1) is 21.4. The average Bonchev–Trinajstić information content (AvgIpc) is 3.00. The van der Waals surface area contributed by atoms with E-state index in [-0.39, 0.29) is 34.4 Å². The molecule has 1 unspecified atom stereocenters. The topological polar surface area (TPSA) is 140 Å². The Morgan fingerprint density at radius 3 is 2.47 bits per heavy atom. The second-order valence-corrected chi connectivity index (χ2v) is 8.95. The highest BCUT2D eigenvalue weighted by atomic mass is 32.2. The number of anilines is 1. The number of hydrogen-bond donors (Lipinski definition) is 2. The molecule has 2 aromatic heterocycles. The predicted octanol–water partition coefficient (Wildman–Crippen LogP) is 1.71. The van der Waals surface area contributed by atoms with Gasteiger partial charge in [0.1, 0.15) is 21.1 Å². The van der Waals surface area contributed by atoms with Crippen molar-refractivity contribution in [3.8, 4) is 0 Å². The number of nitrogen functional groups attached to an aromatic ring is 1. The number of amides is 1. The molecule has 0 saturated carbocycles. The first-order chi connectivity index (χ1) is 14.1. The summed E-state index contributed by atoms with van der Waals surface area (Å²) in [6.45, 7) is 3.60. The summed E-state index contributed by atoms with van der Waals surface area (Å²) in [5.41, 5.74) is 5.85. The molecule has 3 N–H and O–H groups in total. The Bertz CT molecular complexity index is 1280. The number of aromatic nitrogens is 4. The molecule has 10 nitrogen and oxygen atoms in total. The number of benzene rings is 1. The Labute approximate surface area is 172 Å². The number of carbonyl (C=O) groups is 1. The molecule has 30 heavy (non-hydrogen) atoms. The van der Waals surface area contributed by atoms with Crippen molar-refractivity contribution in [2.24, 2.45) is 0 Å². The predicted molar refractivity (Wildman–Crippen MR) is 110 cm³/mol. The molecular formula is C18H22FN7O3S. The SMILES string of the molecule is CCN(C)C(=O)n1c(=O)n(Cc2ccc(F)cc2)c2nc(S(=N)(=O)CC)nc(N)c21. The summed E-state index contributed by atoms with van der Waals surface area (Å²) in [4.78, 5) is 35.5. The molecule has 12 heteroatoms. The van der Waals surface area contributed by atoms with Gasteiger partial charge in [0.25, 0.3) is 0 Å². The van der Waals surface area contributed by atoms with Crippen LogP contribution in [0, 0.1) is 10.6 Å². The summed E-state index contributed by atoms with van der Waals surface area (Å²) in [6, 6.07) is 4.86. The lowest BCUT2D eigenvalue weighted by atomic mass is 10.2. The van der Waals surface area contributed by atoms with Crippen LogP contribution in [0.4, 0.5) is 15.0 Å². The van der Waals surface area contributed by atoms with Crippen LogP contribution in [0.1, 0.15) is 19.4 Å². The number of carbonyl (C=O) groups excluding carboxylic acids is 1. The van der Waals surface area contributed by atoms with Gasteiger partial charge in [-0.2, -0.15) is 4.98 Å². The molecular weight excluding hydrogens is 413 g/mol. The van der Waals surface area contributed by atoms with Gasteiger partial charge in [-0.25, -0.2) is 32.5 Å². The van der Waals surface area contributed by atoms with Crippen LogP contribution in [0.25, 0.3) is 11.2 Å². The zero-order valence-electron chi connectivity index (χ0n) is 16.8. The summed E-state index contributed by atoms with van der Waals surface area (Å²) < 4.78 is 35.8. The highest BCUT2D eigenvalue weighted by Gasteiger charge is 2.26. The summed E-state index contributed by atoms with van der Waals surface area (Å²) in [5.74, 6) is -0.700. The van der Waals surface area contributed by atoms with Gasteiger partial charge in [-0.05, 0) is 24.6 Å². The van der Waals surface area contributed by atoms with Crippen molar-refractivity contribution in [1.29, 1.82) is 4.78 Å². The number of rotatable bonds is 5. The molecule has 3 aromatic rings. The minimum atomic E-state index is -3.32. The third-order valence-electron chi connectivity index (χ3n) is 4.72. The van der Waals surface area contributed by atoms with Gasteiger partial charge in [-0.15, -0.1) is 0 Å². The maximum absolute atomic E-state index is 13.3. The normalized spacial score (nSPS) is 13.3. The van der Waals surface area contributed by atoms with Crippen molar-refractivity contribution < 1.29 is 13.4 Å². The molecule has 0 radical (unpaired) electrons. The van der Waals surface area contributed by atoms with Gasteiger partial charge in [-0.1, -0.05) is 19.1 Å². The number of hydrogen-bond acceptors (Lipinski definition) is 7. The number of halogens is 1. The zero-order chi connectivity index (χ0) is 22.2. The Morgan fingerprint density at radius 2 is 1.90 bits per heavy atom. The third-order valence-corrected chi connectivity index (χ3v) is 6.31. The lowest BCUT2D eigenvalue weighted by Crippen LogP contribution is -2.38. The Kier molecular flexibility index (Phi) is 5.61. The second kappa shape index (κ2) is 7.86. The van der Waals surface area contributed by atoms with E-state index in [4.69, 9.17) is 10.5 Å². The first-order valence-electron chi connectivity index (χ1n) is 9.15. The van der Waals surface area contributed by atoms with Gasteiger partial charge >= 0.3 is 11.7 Å². The van der Waals surface area contributed by atoms with Crippen LogP contribution in [0.2, 0.25) is 0 Å². The maximum Gasteiger partial charge on any atom is 0.339 e. The number of nitrogens with two attached hydrogens (primary N) is 1. The van der Waals surface area contributed by atoms with Crippen molar-refractivity contribution in [1.82, 2.24) is 24.0 Å². The molecule has 1 aromatic carbocycles. The van der Waals surface area contributed by atoms with Gasteiger partial charge in [0.05, 0.1) is 6.54 Å². The highest BCUT2D eigenvalue weighted by Crippen LogP contribution is 2.21. The van der Waals surface area contributed by atoms with Crippen molar-refractivity contribution in [3.05, 3.63) is 46.1 Å². The molecule has 0 bridgehead atoms. The van der Waals surface area contributed by atoms with Gasteiger partial charge in [-0.3, -0.25) is 4.57 Å². The summed E-state index contributed by atoms with van der Waals surface area (Å²) in [5, 5.41) is -0.309. The highest BCUT2D eigenvalue weighted by molar-refractivity contribution is 7.92. The third kappa shape index (κ3) is 3.65. The van der Waals surface area contributed by atoms with Crippen molar-refractivity contribution in [2.45, 2.75) is 25.5 Å². The van der Waals surface area contributed by atoms with E-state index in [0.29, 0.717) is 12.1 Å². The van der Waals surface area contributed by atoms with E-state index in [2.05, 4.69) is 9.97 Å². The summed E-state index contributed by atoms with van der Waals surface area (Å²) in [7, 11) is -1.80. The van der Waals surface area contributed by atoms with Crippen molar-refractivity contribution in [2.75, 3.05) is 25.1 Å². The molecule has 160 valence electrons. The molecule has 1 amide bonds. The van der Waals surface area contributed by atoms with E-state index < -0.39 is 27.3 Å². The monoisotopic (exact) mass is 435 g/mol. The Balaban J connectivity index is 2.34. The lowest BCUT2D eigenvalue weighted by Gasteiger charge is -2.14. The van der Waals surface area contributed by atoms with E-state index in [1.807, 2.05) is 0 Å². The molecule has 0 saturated heterocycles. The molecule has 0 fully saturated rings. The van der Waals surface area contributed by atoms with E-state index in [1.165, 1.54) is 40.8 Å². The van der Waals surface area contributed by atoms with Gasteiger partial charge in [0, 0.05) is 19.3 Å². The Hall–Kier alpha value is -3.28. The zero-order valence-corrected chi connectivity index (χ0v) is 17.6. The van der Waals surface area contributed by atoms with E-state index >= 15 is 0 Å². The largest absolute Gasteiger partial charge is 0.382 e. The molecule has 0 aliphatic carbocycles. The van der Waals surface area contributed by atoms with Gasteiger partial charge in [0.15, 0.2) is 11.5 Å². The molecule has 0 aliphatic rings. The van der Waals surface area contributed by atoms with E-state index in [1.54, 1.807) is 13.8 Å². The van der Waals surface area contributed by atoms with Crippen molar-refractivity contribution >= 4 is 32.7 Å². The van der Waals surface area contributed by atoms with Crippen LogP contribution in [-0.2, 0) is 16.3 Å². The standard InChI is InChI=1S/C18H22FN7O3S/c1-4-24(3)17(27)26-13-14(20)22-16(30(21,29)5-2)23-15(13)25(18(26)28)10-11-6-8-12(19)9-7-11/h6-9,21H,4-5,10H2,1-3H3,(H2,20,22,23). The first-order valence-corrected chi connectivity index (χ1v) is 10.9. The van der Waals surface area contributed by atoms with Crippen LogP contribution >= 0.6 is 0 Å². The lowest BCUT2D eigenvalue weighted by molar-refractivity contribution is 0.212. The second-order valence-electron chi connectivity index (χ2n) is 6.65. The molecule has 3 rings (SSSR count). The van der Waals surface area contributed by atoms with Crippen LogP contribution < -0.4 is 11.4 Å². The summed E-state index contributed by atoms with van der Waals surface area (Å²) in [6.07, 6.45) is 0. The molecule has 0 spiro atoms. The van der Waals surface area contributed by atoms with E-state index in [0.717, 1.165) is 4.57 Å². The fourth-order valence-corrected chi connectivity index (χ4v) is 3.56. The van der Waals surface area contributed by atoms with Crippen LogP contribution in [0.5, 0.6) is 0 Å². The number of imidazole rings is 1. The number of nitrogens with one attached hydrogen (secondary N) is 1. The van der Waals surface area contributed by atoms with Crippen LogP contribution in [0.3, 0.4) is 0 Å². The number of nitrogens with zero attached hydrogens (tertiary/aromatic N) is 5. The van der Waals surface area contributed by atoms with Crippen LogP contribution in [-0.4, -0.2) is 53.6 Å². The molecule has 2 heterocycles. The average molecular weight is 435 g/mol. The van der Waals surface area contributed by atoms with Crippen molar-refractivity contribution in [3.63, 3.8) is 0 Å². The van der Waals surface area contributed by atoms with Gasteiger partial charge in [0.2, 0.25) is 5.16 Å². The fraction of sp³-hybridized carbons (Fsp3) is 0.333. The fourth-order valence-electron chi connectivity index (χ4n) is 2.82. The summed E-state index contributed by atoms with van der Waals surface area (Å²) >= 11 is 0.